The van der Waals surface area contributed by atoms with Gasteiger partial charge in [0, 0.05) is 11.4 Å². The third kappa shape index (κ3) is 1.67. The van der Waals surface area contributed by atoms with Gasteiger partial charge in [-0.3, -0.25) is 4.68 Å². The Bertz CT molecular complexity index is 536. The zero-order chi connectivity index (χ0) is 10.8. The molecular formula is C11H11N3O. The number of rotatable bonds is 2. The Morgan fingerprint density at radius 3 is 2.93 bits per heavy atom. The summed E-state index contributed by atoms with van der Waals surface area (Å²) in [5, 5.41) is 5.26. The van der Waals surface area contributed by atoms with E-state index >= 15 is 0 Å². The van der Waals surface area contributed by atoms with E-state index in [1.807, 2.05) is 16.8 Å². The predicted molar refractivity (Wildman–Crippen MR) is 57.9 cm³/mol. The minimum absolute atomic E-state index is 0.322. The van der Waals surface area contributed by atoms with Crippen LogP contribution in [0, 0.1) is 0 Å². The maximum Gasteiger partial charge on any atom is 0.240 e. The van der Waals surface area contributed by atoms with Crippen LogP contribution >= 0.6 is 0 Å². The number of hydrogen-bond donors (Lipinski definition) is 0. The molecule has 0 spiro atoms. The molecule has 1 aromatic carbocycles. The standard InChI is InChI=1S/C11H11N3O/c1-8(2)14-11-4-3-10(12-7-15)5-9(11)6-13-14/h3-6,8H,1-2H3. The minimum Gasteiger partial charge on any atom is -0.262 e. The second kappa shape index (κ2) is 3.67. The third-order valence-corrected chi connectivity index (χ3v) is 2.24. The molecule has 0 aliphatic rings. The largest absolute Gasteiger partial charge is 0.262 e. The van der Waals surface area contributed by atoms with Gasteiger partial charge in [-0.25, -0.2) is 4.79 Å². The van der Waals surface area contributed by atoms with E-state index < -0.39 is 0 Å². The van der Waals surface area contributed by atoms with Crippen molar-refractivity contribution in [1.82, 2.24) is 9.78 Å². The molecule has 0 bridgehead atoms. The normalized spacial score (nSPS) is 10.6. The summed E-state index contributed by atoms with van der Waals surface area (Å²) in [7, 11) is 0. The molecule has 0 N–H and O–H groups in total. The first-order valence-electron chi connectivity index (χ1n) is 4.77. The molecule has 0 saturated carbocycles. The smallest absolute Gasteiger partial charge is 0.240 e. The molecule has 0 amide bonds. The van der Waals surface area contributed by atoms with E-state index in [2.05, 4.69) is 23.9 Å². The van der Waals surface area contributed by atoms with Gasteiger partial charge in [0.25, 0.3) is 0 Å². The molecule has 4 nitrogen and oxygen atoms in total. The van der Waals surface area contributed by atoms with E-state index in [1.165, 1.54) is 6.08 Å². The van der Waals surface area contributed by atoms with Crippen molar-refractivity contribution in [2.24, 2.45) is 4.99 Å². The van der Waals surface area contributed by atoms with E-state index in [4.69, 9.17) is 0 Å². The van der Waals surface area contributed by atoms with Gasteiger partial charge < -0.3 is 0 Å². The van der Waals surface area contributed by atoms with Gasteiger partial charge in [-0.05, 0) is 32.0 Å². The van der Waals surface area contributed by atoms with Crippen LogP contribution in [0.3, 0.4) is 0 Å². The number of isocyanates is 1. The molecule has 15 heavy (non-hydrogen) atoms. The number of carbonyl (C=O) groups excluding carboxylic acids is 1. The molecule has 0 saturated heterocycles. The van der Waals surface area contributed by atoms with E-state index in [1.54, 1.807) is 12.3 Å². The van der Waals surface area contributed by atoms with Crippen molar-refractivity contribution in [3.8, 4) is 0 Å². The molecule has 0 unspecified atom stereocenters. The van der Waals surface area contributed by atoms with Crippen LogP contribution < -0.4 is 0 Å². The van der Waals surface area contributed by atoms with Crippen LogP contribution in [0.1, 0.15) is 19.9 Å². The van der Waals surface area contributed by atoms with Gasteiger partial charge in [-0.1, -0.05) is 0 Å². The van der Waals surface area contributed by atoms with Crippen LogP contribution in [0.2, 0.25) is 0 Å². The highest BCUT2D eigenvalue weighted by Crippen LogP contribution is 2.22. The molecule has 0 radical (unpaired) electrons. The molecule has 76 valence electrons. The minimum atomic E-state index is 0.322. The Labute approximate surface area is 87.2 Å². The van der Waals surface area contributed by atoms with Gasteiger partial charge in [0.05, 0.1) is 17.4 Å². The number of nitrogens with zero attached hydrogens (tertiary/aromatic N) is 3. The average molecular weight is 201 g/mol. The maximum atomic E-state index is 10.1. The maximum absolute atomic E-state index is 10.1. The number of hydrogen-bond acceptors (Lipinski definition) is 3. The summed E-state index contributed by atoms with van der Waals surface area (Å²) in [4.78, 5) is 13.7. The summed E-state index contributed by atoms with van der Waals surface area (Å²) >= 11 is 0. The van der Waals surface area contributed by atoms with E-state index in [0.29, 0.717) is 11.7 Å². The molecule has 0 aliphatic carbocycles. The lowest BCUT2D eigenvalue weighted by molar-refractivity contribution is 0.551. The lowest BCUT2D eigenvalue weighted by atomic mass is 10.2. The summed E-state index contributed by atoms with van der Waals surface area (Å²) in [6.45, 7) is 4.15. The predicted octanol–water partition coefficient (Wildman–Crippen LogP) is 2.58. The van der Waals surface area contributed by atoms with Crippen LogP contribution in [-0.4, -0.2) is 15.9 Å². The zero-order valence-corrected chi connectivity index (χ0v) is 8.64. The number of fused-ring (bicyclic) bond motifs is 1. The molecule has 4 heteroatoms. The number of benzene rings is 1. The molecule has 2 rings (SSSR count). The van der Waals surface area contributed by atoms with Crippen molar-refractivity contribution in [3.05, 3.63) is 24.4 Å². The second-order valence-electron chi connectivity index (χ2n) is 3.63. The van der Waals surface area contributed by atoms with Gasteiger partial charge in [-0.2, -0.15) is 10.1 Å². The first kappa shape index (κ1) is 9.62. The molecule has 1 aromatic heterocycles. The van der Waals surface area contributed by atoms with Gasteiger partial charge >= 0.3 is 0 Å². The van der Waals surface area contributed by atoms with Crippen molar-refractivity contribution < 1.29 is 4.79 Å². The fraction of sp³-hybridized carbons (Fsp3) is 0.273. The lowest BCUT2D eigenvalue weighted by Crippen LogP contribution is -2.01. The fourth-order valence-electron chi connectivity index (χ4n) is 1.57. The molecule has 1 heterocycles. The highest BCUT2D eigenvalue weighted by atomic mass is 16.1. The Kier molecular flexibility index (Phi) is 2.35. The quantitative estimate of drug-likeness (QED) is 0.553. The molecule has 2 aromatic rings. The van der Waals surface area contributed by atoms with Crippen molar-refractivity contribution >= 4 is 22.7 Å². The van der Waals surface area contributed by atoms with E-state index in [9.17, 15) is 4.79 Å². The topological polar surface area (TPSA) is 47.2 Å². The van der Waals surface area contributed by atoms with Crippen LogP contribution in [0.5, 0.6) is 0 Å². The van der Waals surface area contributed by atoms with Crippen molar-refractivity contribution in [2.75, 3.05) is 0 Å². The number of aromatic nitrogens is 2. The average Bonchev–Trinajstić information content (AvgIpc) is 2.61. The summed E-state index contributed by atoms with van der Waals surface area (Å²) in [6, 6.07) is 5.85. The number of aliphatic imine (C=N–C) groups is 1. The van der Waals surface area contributed by atoms with E-state index in [-0.39, 0.29) is 0 Å². The Balaban J connectivity index is 2.61. The summed E-state index contributed by atoms with van der Waals surface area (Å²) in [5.41, 5.74) is 1.66. The highest BCUT2D eigenvalue weighted by molar-refractivity contribution is 5.82. The first-order valence-corrected chi connectivity index (χ1v) is 4.77. The molecule has 0 aliphatic heterocycles. The third-order valence-electron chi connectivity index (χ3n) is 2.24. The van der Waals surface area contributed by atoms with Gasteiger partial charge in [-0.15, -0.1) is 0 Å². The highest BCUT2D eigenvalue weighted by Gasteiger charge is 2.05. The van der Waals surface area contributed by atoms with Gasteiger partial charge in [0.1, 0.15) is 0 Å². The van der Waals surface area contributed by atoms with Crippen LogP contribution in [-0.2, 0) is 4.79 Å². The van der Waals surface area contributed by atoms with Crippen molar-refractivity contribution in [1.29, 1.82) is 0 Å². The molecule has 0 fully saturated rings. The summed E-state index contributed by atoms with van der Waals surface area (Å²) < 4.78 is 1.93. The first-order chi connectivity index (χ1) is 7.22. The SMILES string of the molecule is CC(C)n1ncc2cc(N=C=O)ccc21. The monoisotopic (exact) mass is 201 g/mol. The Hall–Kier alpha value is -1.93. The van der Waals surface area contributed by atoms with Crippen LogP contribution in [0.25, 0.3) is 10.9 Å². The Morgan fingerprint density at radius 2 is 2.27 bits per heavy atom. The summed E-state index contributed by atoms with van der Waals surface area (Å²) in [5.74, 6) is 0. The lowest BCUT2D eigenvalue weighted by Gasteiger charge is -2.06. The second-order valence-corrected chi connectivity index (χ2v) is 3.63. The van der Waals surface area contributed by atoms with Gasteiger partial charge in [0.15, 0.2) is 0 Å². The zero-order valence-electron chi connectivity index (χ0n) is 8.64. The molecular weight excluding hydrogens is 190 g/mol. The Morgan fingerprint density at radius 1 is 1.47 bits per heavy atom. The van der Waals surface area contributed by atoms with Gasteiger partial charge in [0.2, 0.25) is 6.08 Å². The van der Waals surface area contributed by atoms with Crippen molar-refractivity contribution in [2.45, 2.75) is 19.9 Å². The van der Waals surface area contributed by atoms with Crippen LogP contribution in [0.15, 0.2) is 29.4 Å². The summed E-state index contributed by atoms with van der Waals surface area (Å²) in [6.07, 6.45) is 3.30. The van der Waals surface area contributed by atoms with Crippen molar-refractivity contribution in [3.63, 3.8) is 0 Å². The molecule has 0 atom stereocenters. The van der Waals surface area contributed by atoms with E-state index in [0.717, 1.165) is 10.9 Å². The van der Waals surface area contributed by atoms with Crippen LogP contribution in [0.4, 0.5) is 5.69 Å². The fourth-order valence-corrected chi connectivity index (χ4v) is 1.57.